The molecule has 2 heteroatoms. The summed E-state index contributed by atoms with van der Waals surface area (Å²) in [5.41, 5.74) is 4.10. The zero-order chi connectivity index (χ0) is 15.5. The molecule has 0 amide bonds. The maximum Gasteiger partial charge on any atom is 0.126 e. The molecule has 22 heavy (non-hydrogen) atoms. The van der Waals surface area contributed by atoms with Crippen LogP contribution in [0.2, 0.25) is 0 Å². The fourth-order valence-corrected chi connectivity index (χ4v) is 3.43. The first kappa shape index (κ1) is 15.2. The molecular formula is C20H22F2. The Morgan fingerprint density at radius 2 is 1.91 bits per heavy atom. The summed E-state index contributed by atoms with van der Waals surface area (Å²) in [6.07, 6.45) is 5.72. The summed E-state index contributed by atoms with van der Waals surface area (Å²) in [5, 5.41) is 0. The van der Waals surface area contributed by atoms with Crippen LogP contribution in [0, 0.1) is 11.6 Å². The molecular weight excluding hydrogens is 278 g/mol. The van der Waals surface area contributed by atoms with Crippen molar-refractivity contribution in [1.29, 1.82) is 0 Å². The van der Waals surface area contributed by atoms with Crippen LogP contribution in [-0.4, -0.2) is 0 Å². The number of benzene rings is 2. The highest BCUT2D eigenvalue weighted by Gasteiger charge is 2.22. The number of rotatable bonds is 4. The van der Waals surface area contributed by atoms with Gasteiger partial charge in [0.2, 0.25) is 0 Å². The smallest absolute Gasteiger partial charge is 0.126 e. The van der Waals surface area contributed by atoms with Crippen LogP contribution in [0.5, 0.6) is 0 Å². The number of fused-ring (bicyclic) bond motifs is 1. The first-order valence-electron chi connectivity index (χ1n) is 8.23. The number of hydrogen-bond donors (Lipinski definition) is 0. The molecule has 0 saturated heterocycles. The number of unbranched alkanes of at least 4 members (excludes halogenated alkanes) is 1. The largest absolute Gasteiger partial charge is 0.207 e. The first-order valence-corrected chi connectivity index (χ1v) is 8.23. The molecule has 0 aromatic heterocycles. The third kappa shape index (κ3) is 3.21. The van der Waals surface area contributed by atoms with Gasteiger partial charge in [-0.2, -0.15) is 0 Å². The third-order valence-corrected chi connectivity index (χ3v) is 4.72. The van der Waals surface area contributed by atoms with Crippen LogP contribution in [0.25, 0.3) is 0 Å². The average molecular weight is 300 g/mol. The van der Waals surface area contributed by atoms with Crippen molar-refractivity contribution in [2.24, 2.45) is 0 Å². The zero-order valence-electron chi connectivity index (χ0n) is 13.0. The van der Waals surface area contributed by atoms with E-state index >= 15 is 0 Å². The maximum absolute atomic E-state index is 14.4. The van der Waals surface area contributed by atoms with Crippen molar-refractivity contribution in [1.82, 2.24) is 0 Å². The van der Waals surface area contributed by atoms with Gasteiger partial charge in [0.25, 0.3) is 0 Å². The minimum absolute atomic E-state index is 0.0987. The lowest BCUT2D eigenvalue weighted by molar-refractivity contribution is 0.529. The molecule has 0 heterocycles. The van der Waals surface area contributed by atoms with Gasteiger partial charge in [-0.05, 0) is 78.5 Å². The van der Waals surface area contributed by atoms with Gasteiger partial charge in [0, 0.05) is 0 Å². The van der Waals surface area contributed by atoms with Gasteiger partial charge in [0.15, 0.2) is 0 Å². The Morgan fingerprint density at radius 1 is 1.05 bits per heavy atom. The molecule has 0 saturated carbocycles. The van der Waals surface area contributed by atoms with Crippen LogP contribution in [-0.2, 0) is 19.3 Å². The molecule has 1 unspecified atom stereocenters. The van der Waals surface area contributed by atoms with E-state index in [1.807, 2.05) is 12.1 Å². The fraction of sp³-hybridized carbons (Fsp3) is 0.400. The lowest BCUT2D eigenvalue weighted by Crippen LogP contribution is -2.14. The van der Waals surface area contributed by atoms with E-state index in [1.165, 1.54) is 11.6 Å². The van der Waals surface area contributed by atoms with E-state index in [4.69, 9.17) is 0 Å². The van der Waals surface area contributed by atoms with E-state index in [2.05, 4.69) is 13.0 Å². The average Bonchev–Trinajstić information content (AvgIpc) is 2.52. The predicted octanol–water partition coefficient (Wildman–Crippen LogP) is 5.58. The van der Waals surface area contributed by atoms with E-state index in [0.29, 0.717) is 0 Å². The molecule has 1 aliphatic carbocycles. The fourth-order valence-electron chi connectivity index (χ4n) is 3.43. The zero-order valence-corrected chi connectivity index (χ0v) is 13.0. The van der Waals surface area contributed by atoms with Crippen LogP contribution in [0.3, 0.4) is 0 Å². The van der Waals surface area contributed by atoms with Gasteiger partial charge in [0.1, 0.15) is 11.6 Å². The molecule has 0 bridgehead atoms. The van der Waals surface area contributed by atoms with Crippen molar-refractivity contribution in [2.75, 3.05) is 0 Å². The van der Waals surface area contributed by atoms with Crippen LogP contribution in [0.15, 0.2) is 36.4 Å². The quantitative estimate of drug-likeness (QED) is 0.691. The van der Waals surface area contributed by atoms with Gasteiger partial charge in [0.05, 0.1) is 0 Å². The van der Waals surface area contributed by atoms with Crippen molar-refractivity contribution >= 4 is 0 Å². The summed E-state index contributed by atoms with van der Waals surface area (Å²) in [4.78, 5) is 0. The van der Waals surface area contributed by atoms with Crippen LogP contribution >= 0.6 is 0 Å². The second kappa shape index (κ2) is 6.60. The topological polar surface area (TPSA) is 0 Å². The van der Waals surface area contributed by atoms with Gasteiger partial charge in [-0.25, -0.2) is 8.78 Å². The molecule has 3 rings (SSSR count). The Bertz CT molecular complexity index is 661. The van der Waals surface area contributed by atoms with Gasteiger partial charge < -0.3 is 0 Å². The second-order valence-electron chi connectivity index (χ2n) is 6.31. The highest BCUT2D eigenvalue weighted by molar-refractivity contribution is 5.36. The van der Waals surface area contributed by atoms with Crippen molar-refractivity contribution in [2.45, 2.75) is 51.4 Å². The third-order valence-electron chi connectivity index (χ3n) is 4.72. The number of halogens is 2. The highest BCUT2D eigenvalue weighted by Crippen LogP contribution is 2.34. The van der Waals surface area contributed by atoms with Crippen molar-refractivity contribution in [3.8, 4) is 0 Å². The van der Waals surface area contributed by atoms with Gasteiger partial charge in [-0.3, -0.25) is 0 Å². The first-order chi connectivity index (χ1) is 10.7. The highest BCUT2D eigenvalue weighted by atomic mass is 19.1. The SMILES string of the molecule is CCCCc1ccc(C2CCc3ccc(F)cc3C2)c(F)c1. The Morgan fingerprint density at radius 3 is 2.68 bits per heavy atom. The van der Waals surface area contributed by atoms with E-state index in [1.54, 1.807) is 12.1 Å². The molecule has 0 fully saturated rings. The molecule has 1 aliphatic rings. The molecule has 2 aromatic carbocycles. The molecule has 2 aromatic rings. The Balaban J connectivity index is 1.80. The molecule has 116 valence electrons. The molecule has 0 N–H and O–H groups in total. The van der Waals surface area contributed by atoms with Crippen molar-refractivity contribution in [3.63, 3.8) is 0 Å². The summed E-state index contributed by atoms with van der Waals surface area (Å²) in [6.45, 7) is 2.14. The Labute approximate surface area is 131 Å². The Hall–Kier alpha value is -1.70. The van der Waals surface area contributed by atoms with E-state index in [0.717, 1.165) is 55.2 Å². The molecule has 0 nitrogen and oxygen atoms in total. The van der Waals surface area contributed by atoms with E-state index in [-0.39, 0.29) is 17.6 Å². The van der Waals surface area contributed by atoms with Crippen molar-refractivity contribution < 1.29 is 8.78 Å². The summed E-state index contributed by atoms with van der Waals surface area (Å²) in [6, 6.07) is 10.7. The second-order valence-corrected chi connectivity index (χ2v) is 6.31. The normalized spacial score (nSPS) is 17.3. The summed E-state index contributed by atoms with van der Waals surface area (Å²) in [5.74, 6) is -0.136. The van der Waals surface area contributed by atoms with Crippen LogP contribution in [0.1, 0.15) is 54.4 Å². The predicted molar refractivity (Wildman–Crippen MR) is 86.2 cm³/mol. The van der Waals surface area contributed by atoms with Crippen LogP contribution < -0.4 is 0 Å². The van der Waals surface area contributed by atoms with Crippen LogP contribution in [0.4, 0.5) is 8.78 Å². The molecule has 1 atom stereocenters. The molecule has 0 spiro atoms. The summed E-state index contributed by atoms with van der Waals surface area (Å²) >= 11 is 0. The molecule has 0 radical (unpaired) electrons. The van der Waals surface area contributed by atoms with Crippen molar-refractivity contribution in [3.05, 3.63) is 70.3 Å². The number of hydrogen-bond acceptors (Lipinski definition) is 0. The lowest BCUT2D eigenvalue weighted by Gasteiger charge is -2.25. The lowest BCUT2D eigenvalue weighted by atomic mass is 9.80. The van der Waals surface area contributed by atoms with Gasteiger partial charge in [-0.1, -0.05) is 31.5 Å². The molecule has 0 aliphatic heterocycles. The standard InChI is InChI=1S/C20H22F2/c1-2-3-4-14-5-10-19(20(22)11-14)16-7-6-15-8-9-18(21)13-17(15)12-16/h5,8-11,13,16H,2-4,6-7,12H2,1H3. The minimum Gasteiger partial charge on any atom is -0.207 e. The maximum atomic E-state index is 14.4. The van der Waals surface area contributed by atoms with Gasteiger partial charge in [-0.15, -0.1) is 0 Å². The van der Waals surface area contributed by atoms with E-state index < -0.39 is 0 Å². The Kier molecular flexibility index (Phi) is 4.56. The monoisotopic (exact) mass is 300 g/mol. The summed E-state index contributed by atoms with van der Waals surface area (Å²) in [7, 11) is 0. The van der Waals surface area contributed by atoms with Gasteiger partial charge >= 0.3 is 0 Å². The number of aryl methyl sites for hydroxylation is 2. The minimum atomic E-state index is -0.199. The van der Waals surface area contributed by atoms with E-state index in [9.17, 15) is 8.78 Å². The summed E-state index contributed by atoms with van der Waals surface area (Å²) < 4.78 is 27.8.